The Labute approximate surface area is 125 Å². The molecule has 1 unspecified atom stereocenters. The van der Waals surface area contributed by atoms with E-state index in [1.165, 1.54) is 23.2 Å². The number of nitrogens with two attached hydrogens (primary N) is 1. The fraction of sp³-hybridized carbons (Fsp3) is 0.647. The zero-order valence-electron chi connectivity index (χ0n) is 13.6. The molecule has 0 saturated carbocycles. The summed E-state index contributed by atoms with van der Waals surface area (Å²) in [7, 11) is -0.352. The standard InChI is InChI=1S/C17H29N2Si/c1-11(2)20(12(3)4)13(5)8-15-10-16(18)9-14-6-7-19-17(14)15/h9-13,19H,6-8,18H2,1-5H3/q+1. The van der Waals surface area contributed by atoms with Crippen LogP contribution in [0.2, 0.25) is 16.6 Å². The van der Waals surface area contributed by atoms with E-state index in [4.69, 9.17) is 5.73 Å². The molecule has 0 saturated heterocycles. The van der Waals surface area contributed by atoms with Crippen LogP contribution in [0.3, 0.4) is 0 Å². The Morgan fingerprint density at radius 1 is 1.15 bits per heavy atom. The fourth-order valence-electron chi connectivity index (χ4n) is 3.95. The van der Waals surface area contributed by atoms with Crippen molar-refractivity contribution < 1.29 is 0 Å². The van der Waals surface area contributed by atoms with Crippen LogP contribution in [0.25, 0.3) is 0 Å². The van der Waals surface area contributed by atoms with Crippen LogP contribution in [-0.2, 0) is 12.8 Å². The van der Waals surface area contributed by atoms with Crippen molar-refractivity contribution in [2.24, 2.45) is 0 Å². The summed E-state index contributed by atoms with van der Waals surface area (Å²) in [6.45, 7) is 13.1. The largest absolute Gasteiger partial charge is 0.399 e. The van der Waals surface area contributed by atoms with Crippen LogP contribution in [-0.4, -0.2) is 15.3 Å². The fourth-order valence-corrected chi connectivity index (χ4v) is 8.02. The summed E-state index contributed by atoms with van der Waals surface area (Å²) < 4.78 is 0. The monoisotopic (exact) mass is 289 g/mol. The Morgan fingerprint density at radius 3 is 2.40 bits per heavy atom. The molecule has 110 valence electrons. The van der Waals surface area contributed by atoms with Crippen LogP contribution in [0, 0.1) is 0 Å². The zero-order chi connectivity index (χ0) is 14.9. The van der Waals surface area contributed by atoms with Gasteiger partial charge < -0.3 is 11.1 Å². The predicted molar refractivity (Wildman–Crippen MR) is 92.1 cm³/mol. The van der Waals surface area contributed by atoms with Gasteiger partial charge in [-0.05, 0) is 64.3 Å². The molecule has 0 aromatic heterocycles. The third kappa shape index (κ3) is 3.19. The Hall–Kier alpha value is -0.963. The maximum Gasteiger partial charge on any atom is 0.323 e. The lowest BCUT2D eigenvalue weighted by Crippen LogP contribution is -2.27. The zero-order valence-corrected chi connectivity index (χ0v) is 14.6. The molecule has 0 amide bonds. The maximum atomic E-state index is 6.08. The van der Waals surface area contributed by atoms with Gasteiger partial charge in [-0.1, -0.05) is 0 Å². The molecule has 0 bridgehead atoms. The molecule has 0 radical (unpaired) electrons. The van der Waals surface area contributed by atoms with Gasteiger partial charge in [0.1, 0.15) is 0 Å². The average Bonchev–Trinajstić information content (AvgIpc) is 2.75. The van der Waals surface area contributed by atoms with Gasteiger partial charge in [0.05, 0.1) is 16.6 Å². The lowest BCUT2D eigenvalue weighted by Gasteiger charge is -2.18. The molecule has 0 spiro atoms. The summed E-state index contributed by atoms with van der Waals surface area (Å²) in [6.07, 6.45) is 2.29. The summed E-state index contributed by atoms with van der Waals surface area (Å²) in [4.78, 5) is 0. The number of benzene rings is 1. The first-order valence-electron chi connectivity index (χ1n) is 7.92. The van der Waals surface area contributed by atoms with E-state index in [0.717, 1.165) is 35.3 Å². The average molecular weight is 290 g/mol. The Balaban J connectivity index is 2.21. The van der Waals surface area contributed by atoms with Crippen LogP contribution < -0.4 is 11.1 Å². The highest BCUT2D eigenvalue weighted by atomic mass is 28.3. The SMILES string of the molecule is CC(C)[Si+](C(C)C)C(C)Cc1cc(N)cc2c1NCC2. The van der Waals surface area contributed by atoms with E-state index in [0.29, 0.717) is 0 Å². The van der Waals surface area contributed by atoms with Gasteiger partial charge in [0.15, 0.2) is 0 Å². The van der Waals surface area contributed by atoms with E-state index >= 15 is 0 Å². The molecule has 1 aromatic rings. The number of rotatable bonds is 5. The smallest absolute Gasteiger partial charge is 0.323 e. The summed E-state index contributed by atoms with van der Waals surface area (Å²) in [5.41, 5.74) is 13.7. The molecular weight excluding hydrogens is 260 g/mol. The maximum absolute atomic E-state index is 6.08. The minimum atomic E-state index is -0.352. The van der Waals surface area contributed by atoms with E-state index in [2.05, 4.69) is 52.1 Å². The molecule has 2 nitrogen and oxygen atoms in total. The van der Waals surface area contributed by atoms with Crippen molar-refractivity contribution in [3.63, 3.8) is 0 Å². The van der Waals surface area contributed by atoms with Gasteiger partial charge in [-0.3, -0.25) is 0 Å². The number of anilines is 2. The van der Waals surface area contributed by atoms with Gasteiger partial charge >= 0.3 is 8.80 Å². The van der Waals surface area contributed by atoms with Crippen molar-refractivity contribution in [1.29, 1.82) is 0 Å². The first-order chi connectivity index (χ1) is 9.40. The molecule has 1 aromatic carbocycles. The summed E-state index contributed by atoms with van der Waals surface area (Å²) in [6, 6.07) is 4.33. The van der Waals surface area contributed by atoms with Crippen LogP contribution >= 0.6 is 0 Å². The third-order valence-corrected chi connectivity index (χ3v) is 8.46. The second kappa shape index (κ2) is 6.21. The van der Waals surface area contributed by atoms with Gasteiger partial charge in [-0.2, -0.15) is 0 Å². The van der Waals surface area contributed by atoms with Gasteiger partial charge in [0.25, 0.3) is 0 Å². The highest BCUT2D eigenvalue weighted by molar-refractivity contribution is 6.63. The quantitative estimate of drug-likeness (QED) is 0.619. The van der Waals surface area contributed by atoms with E-state index < -0.39 is 0 Å². The molecule has 20 heavy (non-hydrogen) atoms. The normalized spacial score (nSPS) is 15.3. The first-order valence-corrected chi connectivity index (χ1v) is 9.65. The van der Waals surface area contributed by atoms with Crippen LogP contribution in [0.4, 0.5) is 11.4 Å². The number of hydrogen-bond acceptors (Lipinski definition) is 2. The van der Waals surface area contributed by atoms with E-state index in [-0.39, 0.29) is 8.80 Å². The summed E-state index contributed by atoms with van der Waals surface area (Å²) in [5, 5.41) is 3.55. The molecule has 1 aliphatic rings. The van der Waals surface area contributed by atoms with Crippen molar-refractivity contribution in [2.45, 2.75) is 64.1 Å². The Bertz CT molecular complexity index is 460. The number of nitrogens with one attached hydrogen (secondary N) is 1. The minimum absolute atomic E-state index is 0.352. The second-order valence-corrected chi connectivity index (χ2v) is 11.1. The van der Waals surface area contributed by atoms with Crippen LogP contribution in [0.15, 0.2) is 12.1 Å². The molecule has 2 rings (SSSR count). The van der Waals surface area contributed by atoms with E-state index in [9.17, 15) is 0 Å². The van der Waals surface area contributed by atoms with Crippen molar-refractivity contribution >= 4 is 20.2 Å². The molecule has 3 N–H and O–H groups in total. The van der Waals surface area contributed by atoms with E-state index in [1.54, 1.807) is 0 Å². The van der Waals surface area contributed by atoms with Crippen LogP contribution in [0.1, 0.15) is 45.7 Å². The Morgan fingerprint density at radius 2 is 1.80 bits per heavy atom. The highest BCUT2D eigenvalue weighted by Gasteiger charge is 2.41. The van der Waals surface area contributed by atoms with Crippen molar-refractivity contribution in [1.82, 2.24) is 0 Å². The van der Waals surface area contributed by atoms with Gasteiger partial charge in [-0.25, -0.2) is 0 Å². The lowest BCUT2D eigenvalue weighted by atomic mass is 10.0. The minimum Gasteiger partial charge on any atom is -0.399 e. The van der Waals surface area contributed by atoms with Crippen molar-refractivity contribution in [3.05, 3.63) is 23.3 Å². The highest BCUT2D eigenvalue weighted by Crippen LogP contribution is 2.36. The summed E-state index contributed by atoms with van der Waals surface area (Å²) in [5.74, 6) is 0. The van der Waals surface area contributed by atoms with Crippen LogP contribution in [0.5, 0.6) is 0 Å². The Kier molecular flexibility index (Phi) is 4.79. The van der Waals surface area contributed by atoms with Gasteiger partial charge in [0, 0.05) is 24.3 Å². The predicted octanol–water partition coefficient (Wildman–Crippen LogP) is 4.48. The number of nitrogen functional groups attached to an aromatic ring is 1. The molecule has 1 aliphatic heterocycles. The lowest BCUT2D eigenvalue weighted by molar-refractivity contribution is 0.808. The molecule has 0 fully saturated rings. The van der Waals surface area contributed by atoms with Gasteiger partial charge in [0.2, 0.25) is 0 Å². The molecule has 1 atom stereocenters. The van der Waals surface area contributed by atoms with Crippen molar-refractivity contribution in [3.8, 4) is 0 Å². The van der Waals surface area contributed by atoms with Crippen molar-refractivity contribution in [2.75, 3.05) is 17.6 Å². The number of hydrogen-bond donors (Lipinski definition) is 2. The molecule has 3 heteroatoms. The molecule has 1 heterocycles. The second-order valence-electron chi connectivity index (χ2n) is 6.81. The summed E-state index contributed by atoms with van der Waals surface area (Å²) >= 11 is 0. The first kappa shape index (κ1) is 15.4. The molecule has 0 aliphatic carbocycles. The van der Waals surface area contributed by atoms with E-state index in [1.807, 2.05) is 0 Å². The van der Waals surface area contributed by atoms with Gasteiger partial charge in [-0.15, -0.1) is 0 Å². The number of fused-ring (bicyclic) bond motifs is 1. The topological polar surface area (TPSA) is 38.0 Å². The third-order valence-electron chi connectivity index (χ3n) is 4.45. The molecular formula is C17H29N2Si+.